The summed E-state index contributed by atoms with van der Waals surface area (Å²) in [4.78, 5) is 4.09. The number of nitrogens with zero attached hydrogens (tertiary/aromatic N) is 2. The van der Waals surface area contributed by atoms with Crippen LogP contribution in [0.5, 0.6) is 0 Å². The van der Waals surface area contributed by atoms with Crippen LogP contribution in [0.2, 0.25) is 5.02 Å². The Hall–Kier alpha value is -3.04. The van der Waals surface area contributed by atoms with Gasteiger partial charge in [0.2, 0.25) is 0 Å². The van der Waals surface area contributed by atoms with E-state index in [1.54, 1.807) is 30.5 Å². The number of alkyl halides is 3. The molecule has 0 unspecified atom stereocenters. The van der Waals surface area contributed by atoms with Crippen LogP contribution in [0, 0.1) is 11.3 Å². The summed E-state index contributed by atoms with van der Waals surface area (Å²) in [6, 6.07) is 13.8. The van der Waals surface area contributed by atoms with E-state index in [4.69, 9.17) is 16.0 Å². The lowest BCUT2D eigenvalue weighted by Gasteiger charge is -2.09. The van der Waals surface area contributed by atoms with Crippen molar-refractivity contribution in [3.05, 3.63) is 76.8 Å². The molecule has 7 heteroatoms. The fourth-order valence-electron chi connectivity index (χ4n) is 2.31. The Labute approximate surface area is 152 Å². The number of allylic oxidation sites excluding steroid dienone is 1. The van der Waals surface area contributed by atoms with E-state index >= 15 is 0 Å². The van der Waals surface area contributed by atoms with E-state index in [0.29, 0.717) is 11.5 Å². The number of nitriles is 1. The van der Waals surface area contributed by atoms with Crippen LogP contribution in [0.3, 0.4) is 0 Å². The third kappa shape index (κ3) is 3.79. The van der Waals surface area contributed by atoms with Crippen molar-refractivity contribution in [1.82, 2.24) is 4.98 Å². The number of hydrogen-bond donors (Lipinski definition) is 0. The number of hydrogen-bond acceptors (Lipinski definition) is 3. The first kappa shape index (κ1) is 17.8. The van der Waals surface area contributed by atoms with Crippen LogP contribution in [0.1, 0.15) is 17.0 Å². The summed E-state index contributed by atoms with van der Waals surface area (Å²) in [5, 5.41) is 8.90. The van der Waals surface area contributed by atoms with E-state index in [1.807, 2.05) is 6.07 Å². The van der Waals surface area contributed by atoms with Crippen LogP contribution in [-0.2, 0) is 6.18 Å². The molecule has 0 amide bonds. The summed E-state index contributed by atoms with van der Waals surface area (Å²) < 4.78 is 44.5. The summed E-state index contributed by atoms with van der Waals surface area (Å²) in [5.74, 6) is 0.558. The van der Waals surface area contributed by atoms with Gasteiger partial charge in [0.25, 0.3) is 0 Å². The fourth-order valence-corrected chi connectivity index (χ4v) is 2.53. The molecule has 0 saturated carbocycles. The molecule has 3 nitrogen and oxygen atoms in total. The van der Waals surface area contributed by atoms with Crippen molar-refractivity contribution in [2.75, 3.05) is 0 Å². The third-order valence-corrected chi connectivity index (χ3v) is 3.86. The highest BCUT2D eigenvalue weighted by Crippen LogP contribution is 2.37. The second-order valence-electron chi connectivity index (χ2n) is 5.28. The third-order valence-electron chi connectivity index (χ3n) is 3.53. The zero-order valence-electron chi connectivity index (χ0n) is 13.1. The number of furan rings is 1. The molecule has 1 aromatic carbocycles. The van der Waals surface area contributed by atoms with E-state index in [1.165, 1.54) is 24.3 Å². The first-order valence-electron chi connectivity index (χ1n) is 7.38. The van der Waals surface area contributed by atoms with Crippen LogP contribution >= 0.6 is 11.6 Å². The largest absolute Gasteiger partial charge is 0.457 e. The molecule has 130 valence electrons. The SMILES string of the molecule is N#C/C(=C\c1ccc(-c2ccc(Cl)c(C(F)(F)F)c2)o1)c1ccccn1. The minimum atomic E-state index is -4.56. The van der Waals surface area contributed by atoms with Gasteiger partial charge in [0.15, 0.2) is 0 Å². The second kappa shape index (κ2) is 7.06. The van der Waals surface area contributed by atoms with Crippen LogP contribution in [-0.4, -0.2) is 4.98 Å². The average Bonchev–Trinajstić information content (AvgIpc) is 3.08. The topological polar surface area (TPSA) is 49.8 Å². The number of halogens is 4. The van der Waals surface area contributed by atoms with Gasteiger partial charge >= 0.3 is 6.18 Å². The molecule has 0 radical (unpaired) electrons. The van der Waals surface area contributed by atoms with E-state index in [0.717, 1.165) is 6.07 Å². The van der Waals surface area contributed by atoms with Gasteiger partial charge in [0.1, 0.15) is 17.6 Å². The highest BCUT2D eigenvalue weighted by atomic mass is 35.5. The maximum Gasteiger partial charge on any atom is 0.417 e. The number of benzene rings is 1. The van der Waals surface area contributed by atoms with Gasteiger partial charge in [-0.25, -0.2) is 0 Å². The molecule has 26 heavy (non-hydrogen) atoms. The molecule has 0 aliphatic heterocycles. The molecular weight excluding hydrogens is 365 g/mol. The molecule has 0 bridgehead atoms. The molecule has 0 fully saturated rings. The van der Waals surface area contributed by atoms with Crippen molar-refractivity contribution in [3.8, 4) is 17.4 Å². The van der Waals surface area contributed by atoms with Gasteiger partial charge in [-0.1, -0.05) is 17.7 Å². The molecule has 0 saturated heterocycles. The lowest BCUT2D eigenvalue weighted by Crippen LogP contribution is -2.05. The second-order valence-corrected chi connectivity index (χ2v) is 5.69. The number of aromatic nitrogens is 1. The molecule has 3 aromatic rings. The van der Waals surface area contributed by atoms with Gasteiger partial charge in [-0.2, -0.15) is 18.4 Å². The summed E-state index contributed by atoms with van der Waals surface area (Å²) in [6.45, 7) is 0. The molecule has 2 aromatic heterocycles. The fraction of sp³-hybridized carbons (Fsp3) is 0.0526. The quantitative estimate of drug-likeness (QED) is 0.522. The van der Waals surface area contributed by atoms with Crippen LogP contribution in [0.25, 0.3) is 23.0 Å². The molecule has 2 heterocycles. The predicted octanol–water partition coefficient (Wildman–Crippen LogP) is 6.08. The van der Waals surface area contributed by atoms with Gasteiger partial charge in [-0.3, -0.25) is 4.98 Å². The van der Waals surface area contributed by atoms with Crippen molar-refractivity contribution in [1.29, 1.82) is 5.26 Å². The van der Waals surface area contributed by atoms with Gasteiger partial charge in [-0.05, 0) is 42.5 Å². The van der Waals surface area contributed by atoms with Crippen LogP contribution in [0.15, 0.2) is 59.1 Å². The number of pyridine rings is 1. The van der Waals surface area contributed by atoms with Crippen molar-refractivity contribution in [2.45, 2.75) is 6.18 Å². The Morgan fingerprint density at radius 1 is 1.15 bits per heavy atom. The van der Waals surface area contributed by atoms with E-state index < -0.39 is 11.7 Å². The minimum absolute atomic E-state index is 0.233. The standard InChI is InChI=1S/C19H10ClF3N2O/c20-16-6-4-12(10-15(16)19(21,22)23)18-7-5-14(26-18)9-13(11-24)17-3-1-2-8-25-17/h1-10H/b13-9+. The lowest BCUT2D eigenvalue weighted by molar-refractivity contribution is -0.137. The van der Waals surface area contributed by atoms with E-state index in [2.05, 4.69) is 4.98 Å². The zero-order chi connectivity index (χ0) is 18.7. The van der Waals surface area contributed by atoms with Crippen molar-refractivity contribution < 1.29 is 17.6 Å². The monoisotopic (exact) mass is 374 g/mol. The molecule has 0 aliphatic carbocycles. The first-order valence-corrected chi connectivity index (χ1v) is 7.76. The average molecular weight is 375 g/mol. The van der Waals surface area contributed by atoms with E-state index in [-0.39, 0.29) is 21.9 Å². The Kier molecular flexibility index (Phi) is 4.83. The van der Waals surface area contributed by atoms with Gasteiger partial charge < -0.3 is 4.42 Å². The summed E-state index contributed by atoms with van der Waals surface area (Å²) >= 11 is 5.63. The Morgan fingerprint density at radius 2 is 1.96 bits per heavy atom. The molecule has 0 spiro atoms. The molecule has 0 aliphatic rings. The minimum Gasteiger partial charge on any atom is -0.457 e. The maximum atomic E-state index is 13.0. The van der Waals surface area contributed by atoms with Crippen LogP contribution < -0.4 is 0 Å². The molecule has 0 N–H and O–H groups in total. The van der Waals surface area contributed by atoms with Crippen LogP contribution in [0.4, 0.5) is 13.2 Å². The summed E-state index contributed by atoms with van der Waals surface area (Å²) in [6.07, 6.45) is -1.53. The highest BCUT2D eigenvalue weighted by Gasteiger charge is 2.33. The Balaban J connectivity index is 1.96. The Bertz CT molecular complexity index is 1000. The Morgan fingerprint density at radius 3 is 2.62 bits per heavy atom. The smallest absolute Gasteiger partial charge is 0.417 e. The maximum absolute atomic E-state index is 13.0. The lowest BCUT2D eigenvalue weighted by atomic mass is 10.1. The summed E-state index contributed by atoms with van der Waals surface area (Å²) in [7, 11) is 0. The normalized spacial score (nSPS) is 12.0. The number of rotatable bonds is 3. The molecule has 0 atom stereocenters. The van der Waals surface area contributed by atoms with Crippen molar-refractivity contribution >= 4 is 23.3 Å². The van der Waals surface area contributed by atoms with Crippen molar-refractivity contribution in [2.24, 2.45) is 0 Å². The van der Waals surface area contributed by atoms with Gasteiger partial charge in [0, 0.05) is 17.8 Å². The van der Waals surface area contributed by atoms with E-state index in [9.17, 15) is 18.4 Å². The molecule has 3 rings (SSSR count). The molecular formula is C19H10ClF3N2O. The highest BCUT2D eigenvalue weighted by molar-refractivity contribution is 6.31. The van der Waals surface area contributed by atoms with Crippen molar-refractivity contribution in [3.63, 3.8) is 0 Å². The summed E-state index contributed by atoms with van der Waals surface area (Å²) in [5.41, 5.74) is 0.0477. The predicted molar refractivity (Wildman–Crippen MR) is 91.9 cm³/mol. The van der Waals surface area contributed by atoms with Gasteiger partial charge in [0.05, 0.1) is 21.9 Å². The zero-order valence-corrected chi connectivity index (χ0v) is 13.8. The first-order chi connectivity index (χ1) is 12.4. The van der Waals surface area contributed by atoms with Gasteiger partial charge in [-0.15, -0.1) is 0 Å².